The number of nitrogens with two attached hydrogens (primary N) is 2. The number of hydrogen-bond donors (Lipinski definition) is 2. The van der Waals surface area contributed by atoms with Crippen LogP contribution in [-0.4, -0.2) is 45.3 Å². The van der Waals surface area contributed by atoms with Gasteiger partial charge in [-0.05, 0) is 41.9 Å². The maximum Gasteiger partial charge on any atom is 0.211 e. The number of piperidine rings is 1. The van der Waals surface area contributed by atoms with Crippen molar-refractivity contribution >= 4 is 54.2 Å². The Morgan fingerprint density at radius 3 is 2.74 bits per heavy atom. The molecule has 8 nitrogen and oxygen atoms in total. The molecule has 0 aromatic carbocycles. The first-order chi connectivity index (χ1) is 16.4. The Morgan fingerprint density at radius 1 is 1.09 bits per heavy atom. The molecule has 1 spiro atoms. The van der Waals surface area contributed by atoms with Gasteiger partial charge in [0.25, 0.3) is 0 Å². The predicted octanol–water partition coefficient (Wildman–Crippen LogP) is 2.01. The van der Waals surface area contributed by atoms with Crippen LogP contribution in [0.1, 0.15) is 30.1 Å². The zero-order valence-corrected chi connectivity index (χ0v) is 20.4. The Bertz CT molecular complexity index is 1400. The minimum atomic E-state index is 0.0373. The summed E-state index contributed by atoms with van der Waals surface area (Å²) >= 11 is 7.84. The number of anilines is 2. The van der Waals surface area contributed by atoms with Crippen LogP contribution in [0.15, 0.2) is 52.8 Å². The van der Waals surface area contributed by atoms with Crippen molar-refractivity contribution < 1.29 is 0 Å². The molecule has 4 N–H and O–H groups in total. The van der Waals surface area contributed by atoms with Crippen LogP contribution >= 0.6 is 23.4 Å². The second kappa shape index (κ2) is 8.14. The minimum absolute atomic E-state index is 0.0373. The molecular formula is C23H24BClN8S. The van der Waals surface area contributed by atoms with Crippen LogP contribution in [0.2, 0.25) is 5.02 Å². The van der Waals surface area contributed by atoms with Crippen molar-refractivity contribution in [1.82, 2.24) is 24.3 Å². The smallest absolute Gasteiger partial charge is 0.211 e. The van der Waals surface area contributed by atoms with Crippen molar-refractivity contribution in [2.75, 3.05) is 23.7 Å². The Kier molecular flexibility index (Phi) is 5.20. The van der Waals surface area contributed by atoms with E-state index < -0.39 is 0 Å². The zero-order chi connectivity index (χ0) is 23.4. The monoisotopic (exact) mass is 490 g/mol. The number of hydrogen-bond acceptors (Lipinski definition) is 8. The summed E-state index contributed by atoms with van der Waals surface area (Å²) in [5.74, 6) is 1.21. The van der Waals surface area contributed by atoms with Gasteiger partial charge in [0.05, 0.1) is 9.92 Å². The SMILES string of the molecule is Bc1ccc2c(n1)CC1(CCN(c3ncc(Sc4ccnc(N)c4Cl)c4nccn34)CC1)C2N. The lowest BCUT2D eigenvalue weighted by atomic mass is 9.73. The Morgan fingerprint density at radius 2 is 1.91 bits per heavy atom. The van der Waals surface area contributed by atoms with Gasteiger partial charge in [0.2, 0.25) is 5.95 Å². The molecule has 6 rings (SSSR count). The highest BCUT2D eigenvalue weighted by Gasteiger charge is 2.47. The number of nitrogen functional groups attached to an aromatic ring is 1. The van der Waals surface area contributed by atoms with E-state index in [1.807, 2.05) is 30.7 Å². The molecule has 4 aromatic rings. The lowest BCUT2D eigenvalue weighted by molar-refractivity contribution is 0.186. The van der Waals surface area contributed by atoms with Crippen LogP contribution in [0.3, 0.4) is 0 Å². The molecule has 0 amide bonds. The molecule has 34 heavy (non-hydrogen) atoms. The van der Waals surface area contributed by atoms with Crippen molar-refractivity contribution in [3.8, 4) is 0 Å². The third kappa shape index (κ3) is 3.43. The van der Waals surface area contributed by atoms with Crippen LogP contribution < -0.4 is 22.0 Å². The average molecular weight is 491 g/mol. The fourth-order valence-electron chi connectivity index (χ4n) is 5.29. The van der Waals surface area contributed by atoms with Gasteiger partial charge in [-0.25, -0.2) is 15.0 Å². The summed E-state index contributed by atoms with van der Waals surface area (Å²) in [5.41, 5.74) is 17.0. The maximum absolute atomic E-state index is 6.76. The molecule has 4 aromatic heterocycles. The van der Waals surface area contributed by atoms with E-state index in [-0.39, 0.29) is 11.5 Å². The summed E-state index contributed by atoms with van der Waals surface area (Å²) in [6.07, 6.45) is 10.2. The second-order valence-corrected chi connectivity index (χ2v) is 10.6. The Balaban J connectivity index is 1.25. The topological polar surface area (TPSA) is 111 Å². The first-order valence-corrected chi connectivity index (χ1v) is 12.5. The van der Waals surface area contributed by atoms with Crippen LogP contribution in [0, 0.1) is 5.41 Å². The van der Waals surface area contributed by atoms with E-state index in [9.17, 15) is 0 Å². The van der Waals surface area contributed by atoms with Gasteiger partial charge in [-0.3, -0.25) is 9.38 Å². The molecule has 2 aliphatic rings. The summed E-state index contributed by atoms with van der Waals surface area (Å²) < 4.78 is 2.05. The lowest BCUT2D eigenvalue weighted by Gasteiger charge is -2.42. The number of rotatable bonds is 3. The normalized spacial score (nSPS) is 19.1. The molecular weight excluding hydrogens is 467 g/mol. The van der Waals surface area contributed by atoms with Crippen molar-refractivity contribution in [2.45, 2.75) is 35.1 Å². The summed E-state index contributed by atoms with van der Waals surface area (Å²) in [6, 6.07) is 6.12. The molecule has 1 atom stereocenters. The second-order valence-electron chi connectivity index (χ2n) is 9.15. The van der Waals surface area contributed by atoms with E-state index in [1.54, 1.807) is 12.4 Å². The molecule has 5 heterocycles. The molecule has 0 bridgehead atoms. The fourth-order valence-corrected chi connectivity index (χ4v) is 6.42. The predicted molar refractivity (Wildman–Crippen MR) is 138 cm³/mol. The summed E-state index contributed by atoms with van der Waals surface area (Å²) in [7, 11) is 2.04. The Labute approximate surface area is 207 Å². The molecule has 0 saturated carbocycles. The number of halogens is 1. The van der Waals surface area contributed by atoms with Gasteiger partial charge in [0, 0.05) is 54.5 Å². The number of aromatic nitrogens is 5. The molecule has 172 valence electrons. The number of pyridine rings is 2. The van der Waals surface area contributed by atoms with Gasteiger partial charge in [-0.15, -0.1) is 0 Å². The van der Waals surface area contributed by atoms with Gasteiger partial charge in [-0.1, -0.05) is 35.5 Å². The number of nitrogens with zero attached hydrogens (tertiary/aromatic N) is 6. The highest BCUT2D eigenvalue weighted by atomic mass is 35.5. The van der Waals surface area contributed by atoms with Crippen molar-refractivity contribution in [2.24, 2.45) is 11.1 Å². The van der Waals surface area contributed by atoms with E-state index in [4.69, 9.17) is 33.0 Å². The van der Waals surface area contributed by atoms with E-state index in [1.165, 1.54) is 23.0 Å². The first-order valence-electron chi connectivity index (χ1n) is 11.3. The van der Waals surface area contributed by atoms with Gasteiger partial charge in [0.15, 0.2) is 13.5 Å². The molecule has 1 saturated heterocycles. The third-order valence-corrected chi connectivity index (χ3v) is 8.76. The fraction of sp³-hybridized carbons (Fsp3) is 0.304. The van der Waals surface area contributed by atoms with E-state index in [0.29, 0.717) is 10.8 Å². The highest BCUT2D eigenvalue weighted by Crippen LogP contribution is 2.50. The largest absolute Gasteiger partial charge is 0.382 e. The molecule has 1 aliphatic heterocycles. The van der Waals surface area contributed by atoms with Crippen molar-refractivity contribution in [3.63, 3.8) is 0 Å². The standard InChI is InChI=1S/C23H24BClN8S/c24-17-2-1-13-14(31-17)11-23(19(13)26)4-8-32(9-5-23)22-30-12-16(21-29-7-10-33(21)22)34-15-3-6-28-20(27)18(15)25/h1-3,6-7,10,12,19H,4-5,8-9,11,24,26H2,(H2,27,28). The zero-order valence-electron chi connectivity index (χ0n) is 18.8. The van der Waals surface area contributed by atoms with E-state index >= 15 is 0 Å². The van der Waals surface area contributed by atoms with Gasteiger partial charge >= 0.3 is 0 Å². The quantitative estimate of drug-likeness (QED) is 0.420. The molecule has 1 aliphatic carbocycles. The van der Waals surface area contributed by atoms with Crippen LogP contribution in [-0.2, 0) is 6.42 Å². The average Bonchev–Trinajstić information content (AvgIpc) is 3.42. The summed E-state index contributed by atoms with van der Waals surface area (Å²) in [6.45, 7) is 1.78. The molecule has 0 radical (unpaired) electrons. The van der Waals surface area contributed by atoms with Gasteiger partial charge in [-0.2, -0.15) is 0 Å². The summed E-state index contributed by atoms with van der Waals surface area (Å²) in [5, 5.41) is 0.446. The maximum atomic E-state index is 6.76. The molecule has 1 unspecified atom stereocenters. The van der Waals surface area contributed by atoms with Gasteiger partial charge in [0.1, 0.15) is 5.82 Å². The number of fused-ring (bicyclic) bond motifs is 2. The van der Waals surface area contributed by atoms with Crippen LogP contribution in [0.4, 0.5) is 11.8 Å². The lowest BCUT2D eigenvalue weighted by Crippen LogP contribution is -2.45. The molecule has 11 heteroatoms. The van der Waals surface area contributed by atoms with Crippen molar-refractivity contribution in [3.05, 3.63) is 59.3 Å². The number of imidazole rings is 1. The van der Waals surface area contributed by atoms with Gasteiger partial charge < -0.3 is 16.4 Å². The Hall–Kier alpha value is -2.82. The van der Waals surface area contributed by atoms with E-state index in [2.05, 4.69) is 27.0 Å². The molecule has 1 fully saturated rings. The minimum Gasteiger partial charge on any atom is -0.382 e. The first kappa shape index (κ1) is 21.7. The van der Waals surface area contributed by atoms with Crippen molar-refractivity contribution in [1.29, 1.82) is 0 Å². The van der Waals surface area contributed by atoms with Crippen LogP contribution in [0.25, 0.3) is 5.65 Å². The van der Waals surface area contributed by atoms with E-state index in [0.717, 1.165) is 59.3 Å². The highest BCUT2D eigenvalue weighted by molar-refractivity contribution is 7.99. The third-order valence-electron chi connectivity index (χ3n) is 7.18. The summed E-state index contributed by atoms with van der Waals surface area (Å²) in [4.78, 5) is 22.3. The van der Waals surface area contributed by atoms with Crippen LogP contribution in [0.5, 0.6) is 0 Å².